The summed E-state index contributed by atoms with van der Waals surface area (Å²) in [6.07, 6.45) is 0.00641. The number of benzene rings is 2. The van der Waals surface area contributed by atoms with Crippen LogP contribution in [0.5, 0.6) is 11.5 Å². The number of para-hydroxylation sites is 1. The maximum Gasteiger partial charge on any atom is 0.336 e. The molecule has 0 fully saturated rings. The second-order valence-electron chi connectivity index (χ2n) is 6.60. The number of hydrogen-bond acceptors (Lipinski definition) is 5. The number of anilines is 1. The zero-order valence-corrected chi connectivity index (χ0v) is 16.5. The summed E-state index contributed by atoms with van der Waals surface area (Å²) in [6, 6.07) is 9.28. The van der Waals surface area contributed by atoms with Crippen molar-refractivity contribution >= 4 is 29.2 Å². The Morgan fingerprint density at radius 2 is 1.97 bits per heavy atom. The van der Waals surface area contributed by atoms with Gasteiger partial charge in [0.15, 0.2) is 11.5 Å². The van der Waals surface area contributed by atoms with Crippen LogP contribution in [-0.2, 0) is 14.3 Å². The quantitative estimate of drug-likeness (QED) is 0.707. The number of nitrogens with zero attached hydrogens (tertiary/aromatic N) is 1. The minimum Gasteiger partial charge on any atom is -0.493 e. The number of amides is 1. The number of rotatable bonds is 4. The standard InChI is InChI=1S/C21H17ClFNO5/c1-27-17-5-3-4-12(20(17)28-2)13-9-18(25)24(16-10-29-21(26)19(13)16)11-6-7-15(23)14(22)8-11/h3-8,13H,9-10H2,1-2H3/t13-/m1/s1. The monoisotopic (exact) mass is 417 g/mol. The molecule has 8 heteroatoms. The van der Waals surface area contributed by atoms with E-state index in [1.165, 1.54) is 37.3 Å². The highest BCUT2D eigenvalue weighted by Crippen LogP contribution is 2.46. The van der Waals surface area contributed by atoms with Crippen LogP contribution < -0.4 is 14.4 Å². The number of hydrogen-bond donors (Lipinski definition) is 0. The van der Waals surface area contributed by atoms with Gasteiger partial charge in [-0.2, -0.15) is 0 Å². The molecule has 2 aromatic carbocycles. The van der Waals surface area contributed by atoms with E-state index in [1.54, 1.807) is 18.2 Å². The zero-order chi connectivity index (χ0) is 20.7. The van der Waals surface area contributed by atoms with E-state index >= 15 is 0 Å². The Morgan fingerprint density at radius 1 is 1.17 bits per heavy atom. The largest absolute Gasteiger partial charge is 0.493 e. The van der Waals surface area contributed by atoms with Crippen molar-refractivity contribution in [2.75, 3.05) is 25.7 Å². The second kappa shape index (κ2) is 7.40. The van der Waals surface area contributed by atoms with Crippen molar-refractivity contribution in [3.8, 4) is 11.5 Å². The molecule has 0 unspecified atom stereocenters. The fraction of sp³-hybridized carbons (Fsp3) is 0.238. The molecule has 0 saturated heterocycles. The molecule has 0 bridgehead atoms. The first-order valence-corrected chi connectivity index (χ1v) is 9.23. The Bertz CT molecular complexity index is 1050. The van der Waals surface area contributed by atoms with Gasteiger partial charge < -0.3 is 14.2 Å². The molecule has 6 nitrogen and oxygen atoms in total. The fourth-order valence-electron chi connectivity index (χ4n) is 3.83. The van der Waals surface area contributed by atoms with Crippen molar-refractivity contribution < 1.29 is 28.2 Å². The number of ether oxygens (including phenoxy) is 3. The number of cyclic esters (lactones) is 1. The van der Waals surface area contributed by atoms with Crippen LogP contribution in [0, 0.1) is 5.82 Å². The smallest absolute Gasteiger partial charge is 0.336 e. The number of carbonyl (C=O) groups excluding carboxylic acids is 2. The van der Waals surface area contributed by atoms with Gasteiger partial charge in [-0.3, -0.25) is 9.69 Å². The predicted molar refractivity (Wildman–Crippen MR) is 104 cm³/mol. The molecule has 1 atom stereocenters. The van der Waals surface area contributed by atoms with E-state index < -0.39 is 17.7 Å². The Hall–Kier alpha value is -3.06. The van der Waals surface area contributed by atoms with Crippen LogP contribution in [0.1, 0.15) is 17.9 Å². The summed E-state index contributed by atoms with van der Waals surface area (Å²) in [5.74, 6) is -0.951. The zero-order valence-electron chi connectivity index (χ0n) is 15.7. The minimum atomic E-state index is -0.591. The molecule has 1 amide bonds. The molecular weight excluding hydrogens is 401 g/mol. The first kappa shape index (κ1) is 19.3. The second-order valence-corrected chi connectivity index (χ2v) is 7.01. The molecule has 0 spiro atoms. The summed E-state index contributed by atoms with van der Waals surface area (Å²) in [4.78, 5) is 27.0. The summed E-state index contributed by atoms with van der Waals surface area (Å²) in [6.45, 7) is -0.0579. The number of methoxy groups -OCH3 is 2. The van der Waals surface area contributed by atoms with Crippen molar-refractivity contribution in [2.45, 2.75) is 12.3 Å². The normalized spacial score (nSPS) is 18.6. The van der Waals surface area contributed by atoms with Gasteiger partial charge in [-0.1, -0.05) is 23.7 Å². The van der Waals surface area contributed by atoms with E-state index in [1.807, 2.05) is 0 Å². The summed E-state index contributed by atoms with van der Waals surface area (Å²) in [5, 5.41) is -0.112. The Morgan fingerprint density at radius 3 is 2.66 bits per heavy atom. The molecule has 2 aliphatic rings. The van der Waals surface area contributed by atoms with Crippen LogP contribution in [-0.4, -0.2) is 32.7 Å². The van der Waals surface area contributed by atoms with Gasteiger partial charge in [-0.05, 0) is 24.3 Å². The molecule has 4 rings (SSSR count). The molecule has 2 heterocycles. The lowest BCUT2D eigenvalue weighted by atomic mass is 9.83. The van der Waals surface area contributed by atoms with Gasteiger partial charge in [0.25, 0.3) is 0 Å². The Balaban J connectivity index is 1.86. The fourth-order valence-corrected chi connectivity index (χ4v) is 4.00. The van der Waals surface area contributed by atoms with Crippen molar-refractivity contribution in [3.05, 3.63) is 64.1 Å². The summed E-state index contributed by atoms with van der Waals surface area (Å²) in [5.41, 5.74) is 1.83. The van der Waals surface area contributed by atoms with Gasteiger partial charge in [0, 0.05) is 17.9 Å². The highest BCUT2D eigenvalue weighted by molar-refractivity contribution is 6.31. The number of carbonyl (C=O) groups is 2. The minimum absolute atomic E-state index is 0.00641. The summed E-state index contributed by atoms with van der Waals surface area (Å²) < 4.78 is 29.7. The maximum absolute atomic E-state index is 13.6. The number of halogens is 2. The third kappa shape index (κ3) is 3.11. The molecule has 29 heavy (non-hydrogen) atoms. The molecule has 0 saturated carbocycles. The van der Waals surface area contributed by atoms with Crippen molar-refractivity contribution in [3.63, 3.8) is 0 Å². The van der Waals surface area contributed by atoms with E-state index in [0.717, 1.165) is 0 Å². The molecule has 2 aromatic rings. The Labute approximate surface area is 171 Å². The van der Waals surface area contributed by atoms with Crippen molar-refractivity contribution in [1.82, 2.24) is 0 Å². The van der Waals surface area contributed by atoms with Crippen LogP contribution >= 0.6 is 11.6 Å². The summed E-state index contributed by atoms with van der Waals surface area (Å²) >= 11 is 5.89. The van der Waals surface area contributed by atoms with E-state index in [9.17, 15) is 14.0 Å². The van der Waals surface area contributed by atoms with Crippen LogP contribution in [0.4, 0.5) is 10.1 Å². The molecule has 0 aliphatic carbocycles. The van der Waals surface area contributed by atoms with Crippen molar-refractivity contribution in [1.29, 1.82) is 0 Å². The highest BCUT2D eigenvalue weighted by atomic mass is 35.5. The average molecular weight is 418 g/mol. The van der Waals surface area contributed by atoms with Crippen LogP contribution in [0.2, 0.25) is 5.02 Å². The summed E-state index contributed by atoms with van der Waals surface area (Å²) in [7, 11) is 3.02. The van der Waals surface area contributed by atoms with Crippen LogP contribution in [0.15, 0.2) is 47.7 Å². The first-order valence-electron chi connectivity index (χ1n) is 8.85. The number of esters is 1. The maximum atomic E-state index is 13.6. The first-order chi connectivity index (χ1) is 14.0. The molecule has 150 valence electrons. The average Bonchev–Trinajstić information content (AvgIpc) is 3.10. The highest BCUT2D eigenvalue weighted by Gasteiger charge is 2.44. The molecule has 0 radical (unpaired) electrons. The molecule has 2 aliphatic heterocycles. The predicted octanol–water partition coefficient (Wildman–Crippen LogP) is 3.83. The SMILES string of the molecule is COc1cccc([C@H]2CC(=O)N(c3ccc(F)c(Cl)c3)C3=C2C(=O)OC3)c1OC. The van der Waals surface area contributed by atoms with Gasteiger partial charge in [-0.15, -0.1) is 0 Å². The van der Waals surface area contributed by atoms with E-state index in [2.05, 4.69) is 0 Å². The third-order valence-corrected chi connectivity index (χ3v) is 5.38. The van der Waals surface area contributed by atoms with Crippen LogP contribution in [0.3, 0.4) is 0 Å². The molecule has 0 N–H and O–H groups in total. The third-order valence-electron chi connectivity index (χ3n) is 5.09. The van der Waals surface area contributed by atoms with Gasteiger partial charge in [-0.25, -0.2) is 9.18 Å². The lowest BCUT2D eigenvalue weighted by Crippen LogP contribution is -2.37. The van der Waals surface area contributed by atoms with Gasteiger partial charge >= 0.3 is 5.97 Å². The topological polar surface area (TPSA) is 65.1 Å². The van der Waals surface area contributed by atoms with Crippen LogP contribution in [0.25, 0.3) is 0 Å². The van der Waals surface area contributed by atoms with E-state index in [-0.39, 0.29) is 24.0 Å². The molecule has 0 aromatic heterocycles. The van der Waals surface area contributed by atoms with E-state index in [4.69, 9.17) is 25.8 Å². The van der Waals surface area contributed by atoms with Gasteiger partial charge in [0.05, 0.1) is 36.2 Å². The van der Waals surface area contributed by atoms with E-state index in [0.29, 0.717) is 34.0 Å². The van der Waals surface area contributed by atoms with Gasteiger partial charge in [0.1, 0.15) is 12.4 Å². The van der Waals surface area contributed by atoms with Gasteiger partial charge in [0.2, 0.25) is 5.91 Å². The van der Waals surface area contributed by atoms with Crippen molar-refractivity contribution in [2.24, 2.45) is 0 Å². The molecular formula is C21H17ClFNO5. The Kier molecular flexibility index (Phi) is 4.92. The lowest BCUT2D eigenvalue weighted by Gasteiger charge is -2.32. The lowest BCUT2D eigenvalue weighted by molar-refractivity contribution is -0.136.